The third kappa shape index (κ3) is 2.47. The molecule has 3 aromatic rings. The van der Waals surface area contributed by atoms with E-state index in [2.05, 4.69) is 30.4 Å². The molecule has 0 bridgehead atoms. The van der Waals surface area contributed by atoms with Gasteiger partial charge in [-0.3, -0.25) is 5.10 Å². The van der Waals surface area contributed by atoms with Crippen LogP contribution in [0, 0.1) is 0 Å². The number of H-pyrrole nitrogens is 1. The standard InChI is InChI=1S/C15H15ClN6O/c1-23-9-6-22(7-9)15-12(16)14(17-8-18-15)19-13-10-4-2-3-5-11(10)20-21-13/h2-5,8-9H,6-7H2,1H3,(H2,17,18,19,20,21). The molecule has 1 aromatic carbocycles. The zero-order chi connectivity index (χ0) is 15.8. The predicted molar refractivity (Wildman–Crippen MR) is 89.4 cm³/mol. The second kappa shape index (κ2) is 5.68. The van der Waals surface area contributed by atoms with Crippen molar-refractivity contribution in [1.82, 2.24) is 20.2 Å². The lowest BCUT2D eigenvalue weighted by Gasteiger charge is -2.39. The number of rotatable bonds is 4. The Morgan fingerprint density at radius 3 is 2.91 bits per heavy atom. The number of hydrogen-bond donors (Lipinski definition) is 2. The number of benzene rings is 1. The minimum absolute atomic E-state index is 0.229. The molecule has 7 nitrogen and oxygen atoms in total. The summed E-state index contributed by atoms with van der Waals surface area (Å²) in [5.74, 6) is 1.93. The van der Waals surface area contributed by atoms with E-state index < -0.39 is 0 Å². The first kappa shape index (κ1) is 14.2. The highest BCUT2D eigenvalue weighted by molar-refractivity contribution is 6.35. The minimum atomic E-state index is 0.229. The molecule has 0 saturated carbocycles. The predicted octanol–water partition coefficient (Wildman–Crippen LogP) is 2.58. The normalized spacial score (nSPS) is 15.0. The first-order valence-corrected chi connectivity index (χ1v) is 7.62. The van der Waals surface area contributed by atoms with Crippen molar-refractivity contribution in [3.8, 4) is 0 Å². The molecule has 3 heterocycles. The fourth-order valence-electron chi connectivity index (χ4n) is 2.60. The van der Waals surface area contributed by atoms with Gasteiger partial charge in [-0.15, -0.1) is 0 Å². The van der Waals surface area contributed by atoms with Crippen LogP contribution in [0.2, 0.25) is 5.02 Å². The monoisotopic (exact) mass is 330 g/mol. The lowest BCUT2D eigenvalue weighted by atomic mass is 10.1. The van der Waals surface area contributed by atoms with Crippen LogP contribution in [0.4, 0.5) is 17.5 Å². The number of nitrogens with one attached hydrogen (secondary N) is 2. The number of para-hydroxylation sites is 1. The molecular weight excluding hydrogens is 316 g/mol. The van der Waals surface area contributed by atoms with Gasteiger partial charge in [0.25, 0.3) is 0 Å². The van der Waals surface area contributed by atoms with Crippen molar-refractivity contribution in [3.63, 3.8) is 0 Å². The Morgan fingerprint density at radius 1 is 1.26 bits per heavy atom. The van der Waals surface area contributed by atoms with Crippen LogP contribution >= 0.6 is 11.6 Å². The highest BCUT2D eigenvalue weighted by Crippen LogP contribution is 2.34. The van der Waals surface area contributed by atoms with Crippen LogP contribution in [0.15, 0.2) is 30.6 Å². The SMILES string of the molecule is COC1CN(c2ncnc(Nc3n[nH]c4ccccc34)c2Cl)C1. The fourth-order valence-corrected chi connectivity index (χ4v) is 2.86. The number of fused-ring (bicyclic) bond motifs is 1. The van der Waals surface area contributed by atoms with Gasteiger partial charge in [-0.25, -0.2) is 9.97 Å². The zero-order valence-electron chi connectivity index (χ0n) is 12.5. The van der Waals surface area contributed by atoms with Crippen molar-refractivity contribution in [1.29, 1.82) is 0 Å². The van der Waals surface area contributed by atoms with Crippen molar-refractivity contribution >= 4 is 40.0 Å². The maximum absolute atomic E-state index is 6.47. The van der Waals surface area contributed by atoms with E-state index in [0.29, 0.717) is 22.5 Å². The molecule has 0 unspecified atom stereocenters. The van der Waals surface area contributed by atoms with Gasteiger partial charge in [0.15, 0.2) is 17.5 Å². The highest BCUT2D eigenvalue weighted by atomic mass is 35.5. The lowest BCUT2D eigenvalue weighted by Crippen LogP contribution is -2.52. The molecule has 1 fully saturated rings. The number of aromatic amines is 1. The van der Waals surface area contributed by atoms with Crippen LogP contribution in [0.3, 0.4) is 0 Å². The van der Waals surface area contributed by atoms with E-state index in [1.54, 1.807) is 7.11 Å². The summed E-state index contributed by atoms with van der Waals surface area (Å²) < 4.78 is 5.28. The number of anilines is 3. The first-order chi connectivity index (χ1) is 11.3. The zero-order valence-corrected chi connectivity index (χ0v) is 13.2. The quantitative estimate of drug-likeness (QED) is 0.765. The van der Waals surface area contributed by atoms with Crippen LogP contribution in [0.5, 0.6) is 0 Å². The Kier molecular flexibility index (Phi) is 3.51. The van der Waals surface area contributed by atoms with Crippen LogP contribution < -0.4 is 10.2 Å². The van der Waals surface area contributed by atoms with E-state index in [9.17, 15) is 0 Å². The van der Waals surface area contributed by atoms with Gasteiger partial charge in [0, 0.05) is 25.6 Å². The molecule has 1 aliphatic heterocycles. The van der Waals surface area contributed by atoms with Gasteiger partial charge in [0.2, 0.25) is 0 Å². The number of ether oxygens (including phenoxy) is 1. The maximum atomic E-state index is 6.47. The molecule has 2 N–H and O–H groups in total. The molecule has 118 valence electrons. The summed E-state index contributed by atoms with van der Waals surface area (Å²) in [4.78, 5) is 10.6. The molecule has 8 heteroatoms. The smallest absolute Gasteiger partial charge is 0.161 e. The molecule has 1 saturated heterocycles. The Hall–Kier alpha value is -2.38. The molecule has 2 aromatic heterocycles. The van der Waals surface area contributed by atoms with E-state index in [1.165, 1.54) is 6.33 Å². The van der Waals surface area contributed by atoms with Crippen molar-refractivity contribution < 1.29 is 4.74 Å². The van der Waals surface area contributed by atoms with E-state index >= 15 is 0 Å². The average Bonchev–Trinajstić information content (AvgIpc) is 2.93. The summed E-state index contributed by atoms with van der Waals surface area (Å²) in [7, 11) is 1.71. The van der Waals surface area contributed by atoms with E-state index in [1.807, 2.05) is 24.3 Å². The summed E-state index contributed by atoms with van der Waals surface area (Å²) in [5.41, 5.74) is 0.950. The topological polar surface area (TPSA) is 79.0 Å². The van der Waals surface area contributed by atoms with Gasteiger partial charge in [-0.05, 0) is 12.1 Å². The van der Waals surface area contributed by atoms with Gasteiger partial charge in [-0.1, -0.05) is 23.7 Å². The van der Waals surface area contributed by atoms with Crippen LogP contribution in [0.25, 0.3) is 10.9 Å². The Morgan fingerprint density at radius 2 is 2.09 bits per heavy atom. The molecule has 0 spiro atoms. The third-order valence-electron chi connectivity index (χ3n) is 3.96. The van der Waals surface area contributed by atoms with Gasteiger partial charge in [0.05, 0.1) is 11.6 Å². The third-order valence-corrected chi connectivity index (χ3v) is 4.31. The Balaban J connectivity index is 1.62. The molecule has 0 aliphatic carbocycles. The van der Waals surface area contributed by atoms with E-state index in [4.69, 9.17) is 16.3 Å². The number of halogens is 1. The molecule has 0 atom stereocenters. The summed E-state index contributed by atoms with van der Waals surface area (Å²) in [6.07, 6.45) is 1.73. The van der Waals surface area contributed by atoms with Crippen molar-refractivity contribution in [2.45, 2.75) is 6.10 Å². The summed E-state index contributed by atoms with van der Waals surface area (Å²) in [5, 5.41) is 11.9. The molecule has 23 heavy (non-hydrogen) atoms. The van der Waals surface area contributed by atoms with Crippen LogP contribution in [-0.4, -0.2) is 46.5 Å². The number of aromatic nitrogens is 4. The molecule has 0 radical (unpaired) electrons. The molecule has 1 aliphatic rings. The van der Waals surface area contributed by atoms with E-state index in [-0.39, 0.29) is 6.10 Å². The average molecular weight is 331 g/mol. The number of hydrogen-bond acceptors (Lipinski definition) is 6. The van der Waals surface area contributed by atoms with Gasteiger partial charge < -0.3 is 15.0 Å². The van der Waals surface area contributed by atoms with E-state index in [0.717, 1.165) is 24.0 Å². The van der Waals surface area contributed by atoms with Crippen molar-refractivity contribution in [2.24, 2.45) is 0 Å². The van der Waals surface area contributed by atoms with Crippen LogP contribution in [-0.2, 0) is 4.74 Å². The second-order valence-electron chi connectivity index (χ2n) is 5.37. The molecular formula is C15H15ClN6O. The lowest BCUT2D eigenvalue weighted by molar-refractivity contribution is 0.0783. The largest absolute Gasteiger partial charge is 0.378 e. The number of nitrogens with zero attached hydrogens (tertiary/aromatic N) is 4. The Labute approximate surface area is 137 Å². The molecule has 0 amide bonds. The van der Waals surface area contributed by atoms with Gasteiger partial charge in [0.1, 0.15) is 11.3 Å². The van der Waals surface area contributed by atoms with Crippen molar-refractivity contribution in [3.05, 3.63) is 35.6 Å². The molecule has 4 rings (SSSR count). The summed E-state index contributed by atoms with van der Waals surface area (Å²) in [6.45, 7) is 1.55. The fraction of sp³-hybridized carbons (Fsp3) is 0.267. The van der Waals surface area contributed by atoms with Gasteiger partial charge in [-0.2, -0.15) is 5.10 Å². The minimum Gasteiger partial charge on any atom is -0.378 e. The summed E-state index contributed by atoms with van der Waals surface area (Å²) >= 11 is 6.47. The summed E-state index contributed by atoms with van der Waals surface area (Å²) in [6, 6.07) is 7.86. The second-order valence-corrected chi connectivity index (χ2v) is 5.74. The highest BCUT2D eigenvalue weighted by Gasteiger charge is 2.30. The first-order valence-electron chi connectivity index (χ1n) is 7.24. The number of methoxy groups -OCH3 is 1. The maximum Gasteiger partial charge on any atom is 0.161 e. The Bertz CT molecular complexity index is 845. The van der Waals surface area contributed by atoms with Gasteiger partial charge >= 0.3 is 0 Å². The van der Waals surface area contributed by atoms with Crippen molar-refractivity contribution in [2.75, 3.05) is 30.4 Å². The van der Waals surface area contributed by atoms with Crippen LogP contribution in [0.1, 0.15) is 0 Å².